The molecule has 2 aliphatic rings. The minimum absolute atomic E-state index is 0.00235. The van der Waals surface area contributed by atoms with E-state index in [1.165, 1.54) is 20.9 Å². The van der Waals surface area contributed by atoms with E-state index in [0.29, 0.717) is 87.2 Å². The van der Waals surface area contributed by atoms with Crippen molar-refractivity contribution in [3.63, 3.8) is 0 Å². The van der Waals surface area contributed by atoms with Crippen LogP contribution in [-0.2, 0) is 19.7 Å². The highest BCUT2D eigenvalue weighted by atomic mass is 32.2. The number of hydrogen-bond donors (Lipinski definition) is 0. The van der Waals surface area contributed by atoms with Gasteiger partial charge in [-0.05, 0) is 48.5 Å². The van der Waals surface area contributed by atoms with E-state index in [2.05, 4.69) is 0 Å². The van der Waals surface area contributed by atoms with Crippen molar-refractivity contribution in [1.29, 1.82) is 0 Å². The number of benzene rings is 7. The SMILES string of the molecule is CC.CC.O=c1c2cc3c4c5c(cc6c7c(cc8c(c9c(cc(c2c49)c2nc4ccccc4n12)S8(=O)=O)c57)c(=O)n1c2ccccc2nc61)S3(=O)=O. The smallest absolute Gasteiger partial charge is 0.264 e. The fourth-order valence-electron chi connectivity index (χ4n) is 9.01. The van der Waals surface area contributed by atoms with Crippen LogP contribution < -0.4 is 11.1 Å². The van der Waals surface area contributed by atoms with Gasteiger partial charge in [-0.15, -0.1) is 0 Å². The van der Waals surface area contributed by atoms with Gasteiger partial charge in [0.15, 0.2) is 0 Å². The Balaban J connectivity index is 0.000000777. The van der Waals surface area contributed by atoms with Crippen LogP contribution in [0.3, 0.4) is 0 Å². The molecule has 0 bridgehead atoms. The Morgan fingerprint density at radius 1 is 0.442 bits per heavy atom. The molecule has 11 aromatic rings. The highest BCUT2D eigenvalue weighted by molar-refractivity contribution is 7.93. The second-order valence-corrected chi connectivity index (χ2v) is 16.6. The Kier molecular flexibility index (Phi) is 5.19. The molecule has 13 rings (SSSR count). The number of rotatable bonds is 0. The van der Waals surface area contributed by atoms with E-state index in [0.717, 1.165) is 0 Å². The van der Waals surface area contributed by atoms with Crippen LogP contribution in [0, 0.1) is 0 Å². The number of imidazole rings is 2. The largest absolute Gasteiger partial charge is 0.268 e. The van der Waals surface area contributed by atoms with Gasteiger partial charge in [0, 0.05) is 53.9 Å². The topological polar surface area (TPSA) is 137 Å². The summed E-state index contributed by atoms with van der Waals surface area (Å²) in [5.74, 6) is 0. The molecular weight excluding hydrogens is 697 g/mol. The molecule has 0 fully saturated rings. The summed E-state index contributed by atoms with van der Waals surface area (Å²) >= 11 is 0. The molecule has 0 unspecified atom stereocenters. The summed E-state index contributed by atoms with van der Waals surface area (Å²) in [6, 6.07) is 20.2. The summed E-state index contributed by atoms with van der Waals surface area (Å²) in [6.45, 7) is 8.00. The average molecular weight is 721 g/mol. The predicted octanol–water partition coefficient (Wildman–Crippen LogP) is 7.59. The summed E-state index contributed by atoms with van der Waals surface area (Å²) < 4.78 is 61.5. The Hall–Kier alpha value is -5.98. The van der Waals surface area contributed by atoms with Crippen molar-refractivity contribution in [2.75, 3.05) is 0 Å². The van der Waals surface area contributed by atoms with Gasteiger partial charge in [0.05, 0.1) is 52.4 Å². The molecule has 252 valence electrons. The summed E-state index contributed by atoms with van der Waals surface area (Å²) in [4.78, 5) is 38.2. The molecule has 0 saturated heterocycles. The summed E-state index contributed by atoms with van der Waals surface area (Å²) in [5.41, 5.74) is 1.87. The third-order valence-electron chi connectivity index (χ3n) is 10.8. The molecule has 7 aromatic carbocycles. The van der Waals surface area contributed by atoms with E-state index in [1.54, 1.807) is 60.7 Å². The van der Waals surface area contributed by atoms with Crippen LogP contribution in [0.1, 0.15) is 27.7 Å². The third-order valence-corrected chi connectivity index (χ3v) is 14.4. The van der Waals surface area contributed by atoms with Gasteiger partial charge < -0.3 is 0 Å². The van der Waals surface area contributed by atoms with Crippen LogP contribution in [0.15, 0.2) is 102 Å². The first-order valence-electron chi connectivity index (χ1n) is 17.1. The quantitative estimate of drug-likeness (QED) is 0.116. The van der Waals surface area contributed by atoms with Crippen molar-refractivity contribution in [2.45, 2.75) is 47.3 Å². The Bertz CT molecular complexity index is 3590. The van der Waals surface area contributed by atoms with Gasteiger partial charge >= 0.3 is 0 Å². The molecule has 0 aliphatic carbocycles. The number of sulfone groups is 2. The lowest BCUT2D eigenvalue weighted by Crippen LogP contribution is -2.14. The van der Waals surface area contributed by atoms with Crippen molar-refractivity contribution in [1.82, 2.24) is 18.8 Å². The van der Waals surface area contributed by atoms with Gasteiger partial charge in [0.1, 0.15) is 11.3 Å². The summed E-state index contributed by atoms with van der Waals surface area (Å²) in [5, 5.41) is 4.43. The first-order chi connectivity index (χ1) is 25.2. The molecule has 4 aromatic heterocycles. The Morgan fingerprint density at radius 2 is 0.769 bits per heavy atom. The highest BCUT2D eigenvalue weighted by Gasteiger charge is 2.43. The lowest BCUT2D eigenvalue weighted by atomic mass is 9.86. The Morgan fingerprint density at radius 3 is 1.13 bits per heavy atom. The average Bonchev–Trinajstić information content (AvgIpc) is 3.87. The van der Waals surface area contributed by atoms with Gasteiger partial charge in [-0.1, -0.05) is 52.0 Å². The summed E-state index contributed by atoms with van der Waals surface area (Å²) in [7, 11) is -8.42. The molecular formula is C40H24N4O6S2. The van der Waals surface area contributed by atoms with Gasteiger partial charge in [0.25, 0.3) is 11.1 Å². The molecule has 12 heteroatoms. The van der Waals surface area contributed by atoms with Gasteiger partial charge in [-0.2, -0.15) is 0 Å². The number of hydrogen-bond acceptors (Lipinski definition) is 8. The normalized spacial score (nSPS) is 15.3. The van der Waals surface area contributed by atoms with E-state index in [4.69, 9.17) is 9.97 Å². The first-order valence-corrected chi connectivity index (χ1v) is 20.1. The van der Waals surface area contributed by atoms with Crippen LogP contribution in [0.2, 0.25) is 0 Å². The van der Waals surface area contributed by atoms with E-state index in [9.17, 15) is 26.4 Å². The monoisotopic (exact) mass is 720 g/mol. The minimum atomic E-state index is -4.21. The standard InChI is InChI=1S/C36H12N4O6S2.2C2H6/c41-35-15-11-23-29-28-22(48(23,45)46)10-14-26-16(36(42)40-20-8-4-2-6-18(20)38-34(14)40)12-24-30(32(26)28)27-21(47(24,43)44)9-13(25(15)31(27)29)33-37-17-5-1-3-7-19(17)39(33)35;2*1-2/h1-12H;2*1-2H3. The second-order valence-electron chi connectivity index (χ2n) is 12.8. The van der Waals surface area contributed by atoms with Crippen LogP contribution in [0.25, 0.3) is 98.0 Å². The van der Waals surface area contributed by atoms with Gasteiger partial charge in [0.2, 0.25) is 19.7 Å². The zero-order chi connectivity index (χ0) is 35.9. The molecule has 0 N–H and O–H groups in total. The number of pyridine rings is 2. The molecule has 0 spiro atoms. The maximum atomic E-state index is 14.7. The number of nitrogens with zero attached hydrogens (tertiary/aromatic N) is 4. The van der Waals surface area contributed by atoms with Crippen LogP contribution >= 0.6 is 0 Å². The molecule has 0 saturated carbocycles. The molecule has 10 nitrogen and oxygen atoms in total. The van der Waals surface area contributed by atoms with E-state index < -0.39 is 30.8 Å². The summed E-state index contributed by atoms with van der Waals surface area (Å²) in [6.07, 6.45) is 0. The van der Waals surface area contributed by atoms with Crippen molar-refractivity contribution in [2.24, 2.45) is 0 Å². The molecule has 6 heterocycles. The van der Waals surface area contributed by atoms with Crippen LogP contribution in [0.5, 0.6) is 0 Å². The molecule has 2 aliphatic heterocycles. The van der Waals surface area contributed by atoms with Crippen molar-refractivity contribution >= 4 is 118 Å². The maximum absolute atomic E-state index is 14.7. The van der Waals surface area contributed by atoms with Crippen molar-refractivity contribution in [3.8, 4) is 0 Å². The maximum Gasteiger partial charge on any atom is 0.264 e. The highest BCUT2D eigenvalue weighted by Crippen LogP contribution is 2.59. The predicted molar refractivity (Wildman–Crippen MR) is 204 cm³/mol. The van der Waals surface area contributed by atoms with E-state index >= 15 is 0 Å². The Labute approximate surface area is 293 Å². The zero-order valence-electron chi connectivity index (χ0n) is 28.0. The number of aromatic nitrogens is 4. The molecule has 52 heavy (non-hydrogen) atoms. The molecule has 0 atom stereocenters. The van der Waals surface area contributed by atoms with Crippen LogP contribution in [0.4, 0.5) is 0 Å². The van der Waals surface area contributed by atoms with Gasteiger partial charge in [-0.3, -0.25) is 18.4 Å². The number of fused-ring (bicyclic) bond motifs is 8. The zero-order valence-corrected chi connectivity index (χ0v) is 29.6. The fraction of sp³-hybridized carbons (Fsp3) is 0.100. The van der Waals surface area contributed by atoms with E-state index in [1.807, 2.05) is 27.7 Å². The van der Waals surface area contributed by atoms with Gasteiger partial charge in [-0.25, -0.2) is 26.8 Å². The second kappa shape index (κ2) is 9.08. The first kappa shape index (κ1) is 29.7. The van der Waals surface area contributed by atoms with E-state index in [-0.39, 0.29) is 30.4 Å². The van der Waals surface area contributed by atoms with Crippen LogP contribution in [-0.4, -0.2) is 35.6 Å². The van der Waals surface area contributed by atoms with Crippen molar-refractivity contribution in [3.05, 3.63) is 93.5 Å². The number of para-hydroxylation sites is 4. The lowest BCUT2D eigenvalue weighted by molar-refractivity contribution is 0.597. The van der Waals surface area contributed by atoms with Crippen molar-refractivity contribution < 1.29 is 16.8 Å². The minimum Gasteiger partial charge on any atom is -0.268 e. The molecule has 0 radical (unpaired) electrons. The molecule has 0 amide bonds. The lowest BCUT2D eigenvalue weighted by Gasteiger charge is -2.16. The third kappa shape index (κ3) is 2.89. The fourth-order valence-corrected chi connectivity index (χ4v) is 12.5.